The van der Waals surface area contributed by atoms with E-state index in [0.717, 1.165) is 11.3 Å². The Morgan fingerprint density at radius 1 is 1.13 bits per heavy atom. The molecule has 0 saturated heterocycles. The number of benzene rings is 1. The maximum atomic E-state index is 6.05. The summed E-state index contributed by atoms with van der Waals surface area (Å²) in [6.45, 7) is 0. The van der Waals surface area contributed by atoms with Gasteiger partial charge in [-0.25, -0.2) is 14.5 Å². The monoisotopic (exact) mass is 323 g/mol. The summed E-state index contributed by atoms with van der Waals surface area (Å²) in [6, 6.07) is 11.7. The largest absolute Gasteiger partial charge is 0.461 e. The number of nitrogens with zero attached hydrogens (tertiary/aromatic N) is 4. The Morgan fingerprint density at radius 3 is 2.65 bits per heavy atom. The zero-order chi connectivity index (χ0) is 15.8. The zero-order valence-electron chi connectivity index (χ0n) is 12.3. The van der Waals surface area contributed by atoms with Crippen LogP contribution in [0.15, 0.2) is 58.2 Å². The normalized spacial score (nSPS) is 11.2. The zero-order valence-corrected chi connectivity index (χ0v) is 13.1. The molecular formula is C16H13N5OS. The second-order valence-corrected chi connectivity index (χ2v) is 5.80. The molecule has 0 saturated carbocycles. The highest BCUT2D eigenvalue weighted by molar-refractivity contribution is 7.98. The van der Waals surface area contributed by atoms with Gasteiger partial charge < -0.3 is 10.2 Å². The van der Waals surface area contributed by atoms with Crippen LogP contribution in [0.25, 0.3) is 28.5 Å². The van der Waals surface area contributed by atoms with Crippen molar-refractivity contribution in [2.75, 3.05) is 12.0 Å². The topological polar surface area (TPSA) is 82.2 Å². The summed E-state index contributed by atoms with van der Waals surface area (Å²) in [5.41, 5.74) is 8.29. The van der Waals surface area contributed by atoms with E-state index in [4.69, 9.17) is 10.2 Å². The third kappa shape index (κ3) is 2.44. The summed E-state index contributed by atoms with van der Waals surface area (Å²) < 4.78 is 6.96. The summed E-state index contributed by atoms with van der Waals surface area (Å²) >= 11 is 1.70. The standard InChI is InChI=1S/C16H13N5OS/c1-23-11-6-4-10(5-7-11)12-9-21-16(14(17)18-12)19-15(20-21)13-3-2-8-22-13/h2-9H,1H3,(H2,17,18). The molecule has 0 aliphatic carbocycles. The number of aromatic nitrogens is 4. The number of nitrogens with two attached hydrogens (primary N) is 1. The van der Waals surface area contributed by atoms with Gasteiger partial charge >= 0.3 is 0 Å². The Bertz CT molecular complexity index is 960. The molecule has 4 rings (SSSR count). The van der Waals surface area contributed by atoms with E-state index >= 15 is 0 Å². The first-order chi connectivity index (χ1) is 11.2. The van der Waals surface area contributed by atoms with E-state index in [1.807, 2.05) is 24.6 Å². The molecule has 0 aliphatic heterocycles. The number of rotatable bonds is 3. The molecule has 0 spiro atoms. The highest BCUT2D eigenvalue weighted by atomic mass is 32.2. The molecule has 3 aromatic heterocycles. The number of thioether (sulfide) groups is 1. The average Bonchev–Trinajstić information content (AvgIpc) is 3.24. The van der Waals surface area contributed by atoms with Crippen LogP contribution in [-0.4, -0.2) is 25.8 Å². The van der Waals surface area contributed by atoms with Crippen LogP contribution in [-0.2, 0) is 0 Å². The molecule has 0 fully saturated rings. The minimum absolute atomic E-state index is 0.335. The molecular weight excluding hydrogens is 310 g/mol. The van der Waals surface area contributed by atoms with Crippen LogP contribution in [0.5, 0.6) is 0 Å². The third-order valence-electron chi connectivity index (χ3n) is 3.47. The Kier molecular flexibility index (Phi) is 3.27. The summed E-state index contributed by atoms with van der Waals surface area (Å²) in [6.07, 6.45) is 5.45. The van der Waals surface area contributed by atoms with E-state index in [1.54, 1.807) is 34.7 Å². The number of fused-ring (bicyclic) bond motifs is 1. The van der Waals surface area contributed by atoms with Gasteiger partial charge in [0.1, 0.15) is 0 Å². The molecule has 0 unspecified atom stereocenters. The van der Waals surface area contributed by atoms with Crippen molar-refractivity contribution in [2.24, 2.45) is 0 Å². The molecule has 4 aromatic rings. The van der Waals surface area contributed by atoms with Gasteiger partial charge in [-0.05, 0) is 30.5 Å². The molecule has 3 heterocycles. The minimum Gasteiger partial charge on any atom is -0.461 e. The van der Waals surface area contributed by atoms with E-state index in [1.165, 1.54) is 4.90 Å². The Hall–Kier alpha value is -2.80. The summed E-state index contributed by atoms with van der Waals surface area (Å²) in [7, 11) is 0. The smallest absolute Gasteiger partial charge is 0.218 e. The Balaban J connectivity index is 1.82. The fourth-order valence-corrected chi connectivity index (χ4v) is 2.73. The first-order valence-corrected chi connectivity index (χ1v) is 8.18. The van der Waals surface area contributed by atoms with Gasteiger partial charge in [-0.1, -0.05) is 12.1 Å². The fraction of sp³-hybridized carbons (Fsp3) is 0.0625. The highest BCUT2D eigenvalue weighted by Gasteiger charge is 2.13. The van der Waals surface area contributed by atoms with Crippen molar-refractivity contribution >= 4 is 23.2 Å². The van der Waals surface area contributed by atoms with Crippen molar-refractivity contribution in [3.05, 3.63) is 48.9 Å². The maximum absolute atomic E-state index is 6.05. The van der Waals surface area contributed by atoms with Crippen LogP contribution in [0.3, 0.4) is 0 Å². The second-order valence-electron chi connectivity index (χ2n) is 4.92. The van der Waals surface area contributed by atoms with E-state index in [-0.39, 0.29) is 0 Å². The first kappa shape index (κ1) is 13.8. The van der Waals surface area contributed by atoms with Crippen molar-refractivity contribution in [3.8, 4) is 22.8 Å². The molecule has 1 aromatic carbocycles. The summed E-state index contributed by atoms with van der Waals surface area (Å²) in [5, 5.41) is 4.42. The molecule has 0 bridgehead atoms. The Labute approximate surface area is 136 Å². The molecule has 0 atom stereocenters. The molecule has 7 heteroatoms. The average molecular weight is 323 g/mol. The van der Waals surface area contributed by atoms with Gasteiger partial charge in [0.05, 0.1) is 18.2 Å². The highest BCUT2D eigenvalue weighted by Crippen LogP contribution is 2.24. The molecule has 114 valence electrons. The lowest BCUT2D eigenvalue weighted by molar-refractivity contribution is 0.577. The number of nitrogen functional groups attached to an aromatic ring is 1. The summed E-state index contributed by atoms with van der Waals surface area (Å²) in [4.78, 5) is 10.0. The first-order valence-electron chi connectivity index (χ1n) is 6.96. The van der Waals surface area contributed by atoms with Crippen molar-refractivity contribution in [3.63, 3.8) is 0 Å². The lowest BCUT2D eigenvalue weighted by Gasteiger charge is -2.04. The summed E-state index contributed by atoms with van der Waals surface area (Å²) in [5.74, 6) is 1.42. The maximum Gasteiger partial charge on any atom is 0.218 e. The molecule has 0 aliphatic rings. The molecule has 0 amide bonds. The van der Waals surface area contributed by atoms with Gasteiger partial charge in [0.25, 0.3) is 0 Å². The molecule has 2 N–H and O–H groups in total. The minimum atomic E-state index is 0.335. The van der Waals surface area contributed by atoms with Crippen molar-refractivity contribution in [2.45, 2.75) is 4.90 Å². The molecule has 6 nitrogen and oxygen atoms in total. The lowest BCUT2D eigenvalue weighted by atomic mass is 10.2. The van der Waals surface area contributed by atoms with Crippen LogP contribution in [0.2, 0.25) is 0 Å². The SMILES string of the molecule is CSc1ccc(-c2cn3nc(-c4ccco4)nc3c(N)n2)cc1. The van der Waals surface area contributed by atoms with Crippen molar-refractivity contribution in [1.29, 1.82) is 0 Å². The van der Waals surface area contributed by atoms with Crippen LogP contribution in [0.1, 0.15) is 0 Å². The van der Waals surface area contributed by atoms with E-state index in [2.05, 4.69) is 27.2 Å². The van der Waals surface area contributed by atoms with Gasteiger partial charge in [-0.15, -0.1) is 16.9 Å². The van der Waals surface area contributed by atoms with Crippen LogP contribution >= 0.6 is 11.8 Å². The van der Waals surface area contributed by atoms with E-state index in [9.17, 15) is 0 Å². The van der Waals surface area contributed by atoms with Gasteiger partial charge in [0.2, 0.25) is 5.82 Å². The van der Waals surface area contributed by atoms with Gasteiger partial charge in [-0.3, -0.25) is 0 Å². The second kappa shape index (κ2) is 5.44. The van der Waals surface area contributed by atoms with Crippen molar-refractivity contribution in [1.82, 2.24) is 19.6 Å². The van der Waals surface area contributed by atoms with Gasteiger partial charge in [0.15, 0.2) is 17.2 Å². The van der Waals surface area contributed by atoms with Gasteiger partial charge in [0, 0.05) is 10.5 Å². The third-order valence-corrected chi connectivity index (χ3v) is 4.22. The number of furan rings is 1. The van der Waals surface area contributed by atoms with Crippen LogP contribution < -0.4 is 5.73 Å². The predicted octanol–water partition coefficient (Wildman–Crippen LogP) is 3.36. The Morgan fingerprint density at radius 2 is 1.96 bits per heavy atom. The quantitative estimate of drug-likeness (QED) is 0.582. The number of hydrogen-bond acceptors (Lipinski definition) is 6. The van der Waals surface area contributed by atoms with E-state index < -0.39 is 0 Å². The van der Waals surface area contributed by atoms with Gasteiger partial charge in [-0.2, -0.15) is 0 Å². The van der Waals surface area contributed by atoms with E-state index in [0.29, 0.717) is 23.0 Å². The molecule has 23 heavy (non-hydrogen) atoms. The van der Waals surface area contributed by atoms with Crippen LogP contribution in [0, 0.1) is 0 Å². The lowest BCUT2D eigenvalue weighted by Crippen LogP contribution is -1.99. The predicted molar refractivity (Wildman–Crippen MR) is 90.1 cm³/mol. The van der Waals surface area contributed by atoms with Crippen LogP contribution in [0.4, 0.5) is 5.82 Å². The van der Waals surface area contributed by atoms with Crippen molar-refractivity contribution < 1.29 is 4.42 Å². The number of anilines is 1. The fourth-order valence-electron chi connectivity index (χ4n) is 2.32. The number of hydrogen-bond donors (Lipinski definition) is 1. The molecule has 0 radical (unpaired) electrons.